The van der Waals surface area contributed by atoms with E-state index in [4.69, 9.17) is 9.47 Å². The molecule has 0 saturated heterocycles. The number of thioether (sulfide) groups is 1. The van der Waals surface area contributed by atoms with Crippen molar-refractivity contribution in [3.05, 3.63) is 83.9 Å². The van der Waals surface area contributed by atoms with E-state index in [1.165, 1.54) is 49.8 Å². The maximum atomic E-state index is 12.6. The number of rotatable bonds is 16. The number of hydrogen-bond acceptors (Lipinski definition) is 5. The Hall–Kier alpha value is -3.05. The van der Waals surface area contributed by atoms with Crippen LogP contribution in [0.25, 0.3) is 11.1 Å². The fourth-order valence-corrected chi connectivity index (χ4v) is 4.95. The Morgan fingerprint density at radius 1 is 0.605 bits per heavy atom. The zero-order valence-corrected chi connectivity index (χ0v) is 23.6. The van der Waals surface area contributed by atoms with E-state index < -0.39 is 5.97 Å². The van der Waals surface area contributed by atoms with E-state index in [0.717, 1.165) is 29.7 Å². The molecule has 0 radical (unpaired) electrons. The minimum absolute atomic E-state index is 0.352. The minimum Gasteiger partial charge on any atom is -0.462 e. The number of hydrogen-bond donors (Lipinski definition) is 0. The quantitative estimate of drug-likeness (QED) is 0.0796. The standard InChI is InChI=1S/C33H40O4S/c1-3-5-7-8-9-10-24-36-32(34)28-16-20-30(21-17-28)37-33(35)29-14-12-26(13-15-29)27-18-22-31(23-19-27)38-25-11-6-4-2/h12-23H,3-11,24-25H2,1-2H3. The molecule has 3 aromatic carbocycles. The Morgan fingerprint density at radius 2 is 1.13 bits per heavy atom. The number of ether oxygens (including phenoxy) is 2. The molecule has 0 atom stereocenters. The molecule has 0 unspecified atom stereocenters. The summed E-state index contributed by atoms with van der Waals surface area (Å²) in [5, 5.41) is 0. The van der Waals surface area contributed by atoms with Crippen LogP contribution >= 0.6 is 11.8 Å². The smallest absolute Gasteiger partial charge is 0.343 e. The first-order valence-corrected chi connectivity index (χ1v) is 14.9. The van der Waals surface area contributed by atoms with Crippen molar-refractivity contribution in [1.29, 1.82) is 0 Å². The molecule has 0 amide bonds. The third-order valence-electron chi connectivity index (χ3n) is 6.36. The van der Waals surface area contributed by atoms with Gasteiger partial charge in [0.1, 0.15) is 5.75 Å². The predicted octanol–water partition coefficient (Wildman–Crippen LogP) is 9.37. The Kier molecular flexibility index (Phi) is 13.0. The van der Waals surface area contributed by atoms with Gasteiger partial charge in [0.05, 0.1) is 17.7 Å². The zero-order chi connectivity index (χ0) is 27.0. The van der Waals surface area contributed by atoms with Gasteiger partial charge in [-0.25, -0.2) is 9.59 Å². The van der Waals surface area contributed by atoms with E-state index in [-0.39, 0.29) is 5.97 Å². The Morgan fingerprint density at radius 3 is 1.79 bits per heavy atom. The van der Waals surface area contributed by atoms with E-state index in [2.05, 4.69) is 38.1 Å². The lowest BCUT2D eigenvalue weighted by Gasteiger charge is -2.08. The van der Waals surface area contributed by atoms with Crippen molar-refractivity contribution < 1.29 is 19.1 Å². The predicted molar refractivity (Wildman–Crippen MR) is 157 cm³/mol. The van der Waals surface area contributed by atoms with Gasteiger partial charge in [0.25, 0.3) is 0 Å². The van der Waals surface area contributed by atoms with Crippen LogP contribution < -0.4 is 4.74 Å². The van der Waals surface area contributed by atoms with Crippen LogP contribution in [-0.4, -0.2) is 24.3 Å². The average Bonchev–Trinajstić information content (AvgIpc) is 2.95. The highest BCUT2D eigenvalue weighted by Gasteiger charge is 2.11. The van der Waals surface area contributed by atoms with Gasteiger partial charge in [-0.3, -0.25) is 0 Å². The summed E-state index contributed by atoms with van der Waals surface area (Å²) in [6, 6.07) is 22.5. The molecule has 0 N–H and O–H groups in total. The molecule has 0 aliphatic rings. The van der Waals surface area contributed by atoms with Crippen LogP contribution in [0.5, 0.6) is 5.75 Å². The number of carbonyl (C=O) groups is 2. The van der Waals surface area contributed by atoms with Crippen LogP contribution in [-0.2, 0) is 4.74 Å². The van der Waals surface area contributed by atoms with Gasteiger partial charge in [-0.2, -0.15) is 0 Å². The molecule has 0 bridgehead atoms. The molecule has 0 spiro atoms. The molecular weight excluding hydrogens is 492 g/mol. The lowest BCUT2D eigenvalue weighted by atomic mass is 10.0. The molecule has 0 aromatic heterocycles. The van der Waals surface area contributed by atoms with Crippen molar-refractivity contribution in [2.45, 2.75) is 76.5 Å². The van der Waals surface area contributed by atoms with E-state index in [0.29, 0.717) is 23.5 Å². The van der Waals surface area contributed by atoms with Gasteiger partial charge in [0.15, 0.2) is 0 Å². The Balaban J connectivity index is 1.45. The molecule has 3 aromatic rings. The highest BCUT2D eigenvalue weighted by atomic mass is 32.2. The monoisotopic (exact) mass is 532 g/mol. The van der Waals surface area contributed by atoms with Crippen molar-refractivity contribution in [1.82, 2.24) is 0 Å². The van der Waals surface area contributed by atoms with Crippen molar-refractivity contribution in [3.8, 4) is 16.9 Å². The molecule has 0 aliphatic carbocycles. The van der Waals surface area contributed by atoms with Crippen LogP contribution in [0.3, 0.4) is 0 Å². The number of esters is 2. The van der Waals surface area contributed by atoms with Gasteiger partial charge in [-0.1, -0.05) is 83.1 Å². The normalized spacial score (nSPS) is 10.8. The SMILES string of the molecule is CCCCCCCCOC(=O)c1ccc(OC(=O)c2ccc(-c3ccc(SCCCCC)cc3)cc2)cc1. The second-order valence-electron chi connectivity index (χ2n) is 9.47. The second kappa shape index (κ2) is 16.7. The summed E-state index contributed by atoms with van der Waals surface area (Å²) in [5.41, 5.74) is 3.08. The first-order chi connectivity index (χ1) is 18.6. The number of unbranched alkanes of at least 4 members (excludes halogenated alkanes) is 7. The van der Waals surface area contributed by atoms with E-state index in [1.807, 2.05) is 23.9 Å². The summed E-state index contributed by atoms with van der Waals surface area (Å²) in [5.74, 6) is 0.748. The molecule has 5 heteroatoms. The number of benzene rings is 3. The molecule has 4 nitrogen and oxygen atoms in total. The van der Waals surface area contributed by atoms with Crippen LogP contribution in [0, 0.1) is 0 Å². The Labute approximate surface area is 232 Å². The van der Waals surface area contributed by atoms with Gasteiger partial charge in [0.2, 0.25) is 0 Å². The van der Waals surface area contributed by atoms with E-state index in [1.54, 1.807) is 36.4 Å². The summed E-state index contributed by atoms with van der Waals surface area (Å²) < 4.78 is 10.9. The van der Waals surface area contributed by atoms with Crippen molar-refractivity contribution in [3.63, 3.8) is 0 Å². The van der Waals surface area contributed by atoms with Gasteiger partial charge >= 0.3 is 11.9 Å². The summed E-state index contributed by atoms with van der Waals surface area (Å²) in [6.45, 7) is 4.85. The van der Waals surface area contributed by atoms with Gasteiger partial charge < -0.3 is 9.47 Å². The lowest BCUT2D eigenvalue weighted by Crippen LogP contribution is -2.09. The summed E-state index contributed by atoms with van der Waals surface area (Å²) in [7, 11) is 0. The summed E-state index contributed by atoms with van der Waals surface area (Å²) in [4.78, 5) is 26.1. The maximum Gasteiger partial charge on any atom is 0.343 e. The zero-order valence-electron chi connectivity index (χ0n) is 22.7. The summed E-state index contributed by atoms with van der Waals surface area (Å²) >= 11 is 1.89. The lowest BCUT2D eigenvalue weighted by molar-refractivity contribution is 0.0497. The average molecular weight is 533 g/mol. The van der Waals surface area contributed by atoms with Crippen LogP contribution in [0.4, 0.5) is 0 Å². The largest absolute Gasteiger partial charge is 0.462 e. The fourth-order valence-electron chi connectivity index (χ4n) is 4.04. The maximum absolute atomic E-state index is 12.6. The van der Waals surface area contributed by atoms with Gasteiger partial charge in [-0.05, 0) is 78.3 Å². The first kappa shape index (κ1) is 29.5. The molecule has 0 fully saturated rings. The third-order valence-corrected chi connectivity index (χ3v) is 7.45. The van der Waals surface area contributed by atoms with E-state index >= 15 is 0 Å². The topological polar surface area (TPSA) is 52.6 Å². The number of carbonyl (C=O) groups excluding carboxylic acids is 2. The van der Waals surface area contributed by atoms with Crippen molar-refractivity contribution >= 4 is 23.7 Å². The third kappa shape index (κ3) is 10.0. The van der Waals surface area contributed by atoms with Crippen molar-refractivity contribution in [2.24, 2.45) is 0 Å². The van der Waals surface area contributed by atoms with Gasteiger partial charge in [0, 0.05) is 4.90 Å². The fraction of sp³-hybridized carbons (Fsp3) is 0.394. The second-order valence-corrected chi connectivity index (χ2v) is 10.6. The molecule has 0 aliphatic heterocycles. The van der Waals surface area contributed by atoms with Crippen LogP contribution in [0.1, 0.15) is 92.4 Å². The van der Waals surface area contributed by atoms with Crippen LogP contribution in [0.2, 0.25) is 0 Å². The molecular formula is C33H40O4S. The molecule has 0 saturated carbocycles. The first-order valence-electron chi connectivity index (χ1n) is 13.9. The molecule has 202 valence electrons. The minimum atomic E-state index is -0.436. The highest BCUT2D eigenvalue weighted by molar-refractivity contribution is 7.99. The molecule has 38 heavy (non-hydrogen) atoms. The summed E-state index contributed by atoms with van der Waals surface area (Å²) in [6.07, 6.45) is 10.6. The van der Waals surface area contributed by atoms with Crippen molar-refractivity contribution in [2.75, 3.05) is 12.4 Å². The van der Waals surface area contributed by atoms with Crippen LogP contribution in [0.15, 0.2) is 77.7 Å². The van der Waals surface area contributed by atoms with E-state index in [9.17, 15) is 9.59 Å². The molecule has 3 rings (SSSR count). The molecule has 0 heterocycles. The highest BCUT2D eigenvalue weighted by Crippen LogP contribution is 2.26. The Bertz CT molecular complexity index is 1110. The van der Waals surface area contributed by atoms with Gasteiger partial charge in [-0.15, -0.1) is 11.8 Å².